The van der Waals surface area contributed by atoms with Crippen molar-refractivity contribution in [3.05, 3.63) is 69.7 Å². The average molecular weight is 359 g/mol. The van der Waals surface area contributed by atoms with Gasteiger partial charge in [0.05, 0.1) is 10.0 Å². The van der Waals surface area contributed by atoms with E-state index < -0.39 is 0 Å². The van der Waals surface area contributed by atoms with Crippen molar-refractivity contribution in [2.75, 3.05) is 11.1 Å². The van der Waals surface area contributed by atoms with Gasteiger partial charge in [0, 0.05) is 33.5 Å². The minimum Gasteiger partial charge on any atom is -0.380 e. The summed E-state index contributed by atoms with van der Waals surface area (Å²) >= 11 is 20.2. The quantitative estimate of drug-likeness (QED) is 0.357. The first-order valence-corrected chi connectivity index (χ1v) is 8.44. The lowest BCUT2D eigenvalue weighted by Gasteiger charge is -2.13. The van der Waals surface area contributed by atoms with Gasteiger partial charge in [0.2, 0.25) is 0 Å². The van der Waals surface area contributed by atoms with Gasteiger partial charge in [-0.2, -0.15) is 0 Å². The standard InChI is InChI=1S/C16H14Cl3NS/c1-2-9-21-15-6-4-3-5-14(15)20-10-11-12(17)7-8-13(18)16(11)19/h2-8,20H,1,9-10H2. The molecule has 0 aliphatic rings. The zero-order chi connectivity index (χ0) is 15.2. The second-order valence-electron chi connectivity index (χ2n) is 4.27. The van der Waals surface area contributed by atoms with E-state index in [4.69, 9.17) is 34.8 Å². The highest BCUT2D eigenvalue weighted by molar-refractivity contribution is 7.99. The van der Waals surface area contributed by atoms with Crippen molar-refractivity contribution in [2.45, 2.75) is 11.4 Å². The Morgan fingerprint density at radius 1 is 1.05 bits per heavy atom. The summed E-state index contributed by atoms with van der Waals surface area (Å²) in [7, 11) is 0. The lowest BCUT2D eigenvalue weighted by Crippen LogP contribution is -2.02. The topological polar surface area (TPSA) is 12.0 Å². The molecular weight excluding hydrogens is 345 g/mol. The van der Waals surface area contributed by atoms with Crippen LogP contribution in [0.25, 0.3) is 0 Å². The van der Waals surface area contributed by atoms with Crippen molar-refractivity contribution in [3.8, 4) is 0 Å². The largest absolute Gasteiger partial charge is 0.380 e. The van der Waals surface area contributed by atoms with Gasteiger partial charge in [-0.25, -0.2) is 0 Å². The summed E-state index contributed by atoms with van der Waals surface area (Å²) in [4.78, 5) is 1.16. The highest BCUT2D eigenvalue weighted by Gasteiger charge is 2.10. The van der Waals surface area contributed by atoms with Gasteiger partial charge in [-0.3, -0.25) is 0 Å². The Balaban J connectivity index is 2.17. The van der Waals surface area contributed by atoms with E-state index in [1.807, 2.05) is 24.3 Å². The van der Waals surface area contributed by atoms with Crippen LogP contribution in [-0.2, 0) is 6.54 Å². The van der Waals surface area contributed by atoms with E-state index in [0.717, 1.165) is 21.9 Å². The van der Waals surface area contributed by atoms with Crippen LogP contribution in [-0.4, -0.2) is 5.75 Å². The molecule has 0 fully saturated rings. The molecular formula is C16H14Cl3NS. The Labute approximate surface area is 144 Å². The van der Waals surface area contributed by atoms with Crippen LogP contribution in [0.4, 0.5) is 5.69 Å². The first-order chi connectivity index (χ1) is 10.1. The predicted octanol–water partition coefficient (Wildman–Crippen LogP) is 6.54. The van der Waals surface area contributed by atoms with Crippen LogP contribution in [0.5, 0.6) is 0 Å². The molecule has 21 heavy (non-hydrogen) atoms. The maximum absolute atomic E-state index is 6.21. The van der Waals surface area contributed by atoms with Gasteiger partial charge in [-0.1, -0.05) is 53.0 Å². The van der Waals surface area contributed by atoms with Crippen LogP contribution >= 0.6 is 46.6 Å². The van der Waals surface area contributed by atoms with E-state index in [0.29, 0.717) is 21.6 Å². The minimum absolute atomic E-state index is 0.493. The highest BCUT2D eigenvalue weighted by atomic mass is 35.5. The first-order valence-electron chi connectivity index (χ1n) is 6.32. The highest BCUT2D eigenvalue weighted by Crippen LogP contribution is 2.33. The smallest absolute Gasteiger partial charge is 0.0657 e. The van der Waals surface area contributed by atoms with E-state index in [1.165, 1.54) is 0 Å². The molecule has 0 unspecified atom stereocenters. The summed E-state index contributed by atoms with van der Waals surface area (Å²) < 4.78 is 0. The normalized spacial score (nSPS) is 10.4. The van der Waals surface area contributed by atoms with Gasteiger partial charge in [0.15, 0.2) is 0 Å². The van der Waals surface area contributed by atoms with E-state index >= 15 is 0 Å². The van der Waals surface area contributed by atoms with E-state index in [2.05, 4.69) is 18.0 Å². The molecule has 0 heterocycles. The maximum Gasteiger partial charge on any atom is 0.0657 e. The molecule has 0 aliphatic carbocycles. The van der Waals surface area contributed by atoms with Crippen molar-refractivity contribution in [3.63, 3.8) is 0 Å². The zero-order valence-electron chi connectivity index (χ0n) is 11.2. The molecule has 0 bridgehead atoms. The molecule has 0 atom stereocenters. The number of hydrogen-bond acceptors (Lipinski definition) is 2. The van der Waals surface area contributed by atoms with Crippen molar-refractivity contribution in [1.29, 1.82) is 0 Å². The molecule has 1 N–H and O–H groups in total. The molecule has 0 aliphatic heterocycles. The minimum atomic E-state index is 0.493. The van der Waals surface area contributed by atoms with Gasteiger partial charge >= 0.3 is 0 Å². The Hall–Kier alpha value is -0.800. The Morgan fingerprint density at radius 2 is 1.76 bits per heavy atom. The maximum atomic E-state index is 6.21. The fourth-order valence-electron chi connectivity index (χ4n) is 1.80. The van der Waals surface area contributed by atoms with E-state index in [-0.39, 0.29) is 0 Å². The number of hydrogen-bond donors (Lipinski definition) is 1. The molecule has 5 heteroatoms. The fourth-order valence-corrected chi connectivity index (χ4v) is 3.25. The third kappa shape index (κ3) is 4.33. The second kappa shape index (κ2) is 8.00. The predicted molar refractivity (Wildman–Crippen MR) is 96.2 cm³/mol. The molecule has 0 aromatic heterocycles. The molecule has 1 nitrogen and oxygen atoms in total. The molecule has 0 radical (unpaired) electrons. The van der Waals surface area contributed by atoms with Crippen LogP contribution in [0.2, 0.25) is 15.1 Å². The Kier molecular flexibility index (Phi) is 6.31. The van der Waals surface area contributed by atoms with Gasteiger partial charge in [-0.05, 0) is 24.3 Å². The molecule has 0 saturated heterocycles. The van der Waals surface area contributed by atoms with Crippen LogP contribution in [0.3, 0.4) is 0 Å². The van der Waals surface area contributed by atoms with E-state index in [9.17, 15) is 0 Å². The van der Waals surface area contributed by atoms with Crippen molar-refractivity contribution < 1.29 is 0 Å². The fraction of sp³-hybridized carbons (Fsp3) is 0.125. The molecule has 110 valence electrons. The molecule has 0 amide bonds. The molecule has 2 aromatic rings. The molecule has 2 aromatic carbocycles. The van der Waals surface area contributed by atoms with Crippen molar-refractivity contribution >= 4 is 52.3 Å². The first kappa shape index (κ1) is 16.6. The van der Waals surface area contributed by atoms with Gasteiger partial charge in [0.1, 0.15) is 0 Å². The summed E-state index contributed by atoms with van der Waals surface area (Å²) in [5, 5.41) is 4.97. The summed E-state index contributed by atoms with van der Waals surface area (Å²) in [5.41, 5.74) is 1.84. The number of thioether (sulfide) groups is 1. The number of halogens is 3. The van der Waals surface area contributed by atoms with Gasteiger partial charge in [-0.15, -0.1) is 18.3 Å². The van der Waals surface area contributed by atoms with Crippen LogP contribution in [0.15, 0.2) is 53.9 Å². The van der Waals surface area contributed by atoms with Gasteiger partial charge < -0.3 is 5.32 Å². The van der Waals surface area contributed by atoms with E-state index in [1.54, 1.807) is 23.9 Å². The third-order valence-corrected chi connectivity index (χ3v) is 5.11. The van der Waals surface area contributed by atoms with Crippen LogP contribution < -0.4 is 5.32 Å². The van der Waals surface area contributed by atoms with Crippen LogP contribution in [0.1, 0.15) is 5.56 Å². The van der Waals surface area contributed by atoms with Crippen molar-refractivity contribution in [2.24, 2.45) is 0 Å². The van der Waals surface area contributed by atoms with Gasteiger partial charge in [0.25, 0.3) is 0 Å². The number of anilines is 1. The van der Waals surface area contributed by atoms with Crippen molar-refractivity contribution in [1.82, 2.24) is 0 Å². The lowest BCUT2D eigenvalue weighted by atomic mass is 10.2. The third-order valence-electron chi connectivity index (χ3n) is 2.84. The second-order valence-corrected chi connectivity index (χ2v) is 6.53. The zero-order valence-corrected chi connectivity index (χ0v) is 14.3. The molecule has 0 saturated carbocycles. The number of nitrogens with one attached hydrogen (secondary N) is 1. The van der Waals surface area contributed by atoms with Crippen LogP contribution in [0, 0.1) is 0 Å². The summed E-state index contributed by atoms with van der Waals surface area (Å²) in [6.07, 6.45) is 1.88. The average Bonchev–Trinajstić information content (AvgIpc) is 2.50. The summed E-state index contributed by atoms with van der Waals surface area (Å²) in [6, 6.07) is 11.5. The summed E-state index contributed by atoms with van der Waals surface area (Å²) in [5.74, 6) is 0.859. The summed E-state index contributed by atoms with van der Waals surface area (Å²) in [6.45, 7) is 4.26. The number of rotatable bonds is 6. The number of benzene rings is 2. The lowest BCUT2D eigenvalue weighted by molar-refractivity contribution is 1.13. The Bertz CT molecular complexity index is 643. The Morgan fingerprint density at radius 3 is 2.52 bits per heavy atom. The monoisotopic (exact) mass is 357 g/mol. The molecule has 2 rings (SSSR count). The molecule has 0 spiro atoms. The number of para-hydroxylation sites is 1. The SMILES string of the molecule is C=CCSc1ccccc1NCc1c(Cl)ccc(Cl)c1Cl.